The highest BCUT2D eigenvalue weighted by Crippen LogP contribution is 2.23. The number of nitrogens with one attached hydrogen (secondary N) is 1. The van der Waals surface area contributed by atoms with Crippen molar-refractivity contribution in [3.8, 4) is 0 Å². The number of nitrogens with zero attached hydrogens (tertiary/aromatic N) is 1. The second-order valence-corrected chi connectivity index (χ2v) is 6.09. The van der Waals surface area contributed by atoms with Crippen molar-refractivity contribution in [1.29, 1.82) is 0 Å². The van der Waals surface area contributed by atoms with Crippen molar-refractivity contribution in [2.75, 3.05) is 5.32 Å². The van der Waals surface area contributed by atoms with Crippen LogP contribution in [0.15, 0.2) is 77.8 Å². The Labute approximate surface area is 154 Å². The van der Waals surface area contributed by atoms with Crippen molar-refractivity contribution in [1.82, 2.24) is 0 Å². The summed E-state index contributed by atoms with van der Waals surface area (Å²) >= 11 is 0. The molecule has 0 heterocycles. The molecule has 0 aliphatic heterocycles. The molecule has 0 radical (unpaired) electrons. The first-order valence-electron chi connectivity index (χ1n) is 8.98. The molecule has 0 aliphatic rings. The number of aryl methyl sites for hydroxylation is 2. The third-order valence-corrected chi connectivity index (χ3v) is 4.37. The van der Waals surface area contributed by atoms with Gasteiger partial charge in [-0.15, -0.1) is 0 Å². The number of para-hydroxylation sites is 2. The molecule has 3 rings (SSSR count). The molecule has 1 N–H and O–H groups in total. The van der Waals surface area contributed by atoms with Gasteiger partial charge in [0, 0.05) is 11.3 Å². The number of benzene rings is 3. The van der Waals surface area contributed by atoms with Crippen LogP contribution in [0.3, 0.4) is 0 Å². The van der Waals surface area contributed by atoms with E-state index in [0.717, 1.165) is 29.8 Å². The van der Waals surface area contributed by atoms with Gasteiger partial charge in [-0.1, -0.05) is 50.2 Å². The molecule has 0 spiro atoms. The maximum absolute atomic E-state index is 13.4. The average molecular weight is 346 g/mol. The third kappa shape index (κ3) is 4.17. The Kier molecular flexibility index (Phi) is 5.80. The van der Waals surface area contributed by atoms with Gasteiger partial charge in [0.1, 0.15) is 11.7 Å². The normalized spacial score (nSPS) is 11.4. The molecular formula is C23H23FN2. The van der Waals surface area contributed by atoms with Crippen LogP contribution in [0.25, 0.3) is 0 Å². The van der Waals surface area contributed by atoms with Crippen molar-refractivity contribution >= 4 is 17.2 Å². The molecule has 0 fully saturated rings. The van der Waals surface area contributed by atoms with E-state index in [1.54, 1.807) is 12.1 Å². The van der Waals surface area contributed by atoms with Crippen molar-refractivity contribution in [2.24, 2.45) is 4.99 Å². The predicted octanol–water partition coefficient (Wildman–Crippen LogP) is 6.14. The lowest BCUT2D eigenvalue weighted by atomic mass is 10.1. The fourth-order valence-electron chi connectivity index (χ4n) is 2.89. The topological polar surface area (TPSA) is 24.4 Å². The molecule has 0 aliphatic carbocycles. The molecule has 132 valence electrons. The summed E-state index contributed by atoms with van der Waals surface area (Å²) in [4.78, 5) is 4.88. The van der Waals surface area contributed by atoms with Gasteiger partial charge in [-0.05, 0) is 60.4 Å². The molecule has 0 amide bonds. The van der Waals surface area contributed by atoms with Crippen molar-refractivity contribution in [2.45, 2.75) is 26.7 Å². The largest absolute Gasteiger partial charge is 0.339 e. The molecule has 3 aromatic rings. The molecule has 0 bridgehead atoms. The number of rotatable bonds is 5. The van der Waals surface area contributed by atoms with E-state index >= 15 is 0 Å². The second kappa shape index (κ2) is 8.43. The summed E-state index contributed by atoms with van der Waals surface area (Å²) < 4.78 is 13.4. The molecule has 2 nitrogen and oxygen atoms in total. The number of hydrogen-bond acceptors (Lipinski definition) is 1. The zero-order valence-corrected chi connectivity index (χ0v) is 15.2. The van der Waals surface area contributed by atoms with E-state index in [1.807, 2.05) is 36.4 Å². The average Bonchev–Trinajstić information content (AvgIpc) is 2.69. The molecule has 0 saturated carbocycles. The van der Waals surface area contributed by atoms with Gasteiger partial charge < -0.3 is 5.32 Å². The van der Waals surface area contributed by atoms with Crippen LogP contribution in [0, 0.1) is 5.82 Å². The molecule has 3 heteroatoms. The highest BCUT2D eigenvalue weighted by atomic mass is 19.1. The van der Waals surface area contributed by atoms with E-state index in [2.05, 4.69) is 31.3 Å². The Morgan fingerprint density at radius 2 is 1.42 bits per heavy atom. The van der Waals surface area contributed by atoms with E-state index in [0.29, 0.717) is 5.84 Å². The van der Waals surface area contributed by atoms with Crippen LogP contribution < -0.4 is 5.32 Å². The molecule has 26 heavy (non-hydrogen) atoms. The van der Waals surface area contributed by atoms with Gasteiger partial charge in [0.25, 0.3) is 0 Å². The first-order valence-corrected chi connectivity index (χ1v) is 8.98. The molecule has 0 aromatic heterocycles. The second-order valence-electron chi connectivity index (χ2n) is 6.09. The summed E-state index contributed by atoms with van der Waals surface area (Å²) in [6.45, 7) is 4.24. The quantitative estimate of drug-likeness (QED) is 0.435. The molecule has 0 atom stereocenters. The Balaban J connectivity index is 2.07. The molecular weight excluding hydrogens is 323 g/mol. The smallest absolute Gasteiger partial charge is 0.138 e. The molecule has 0 unspecified atom stereocenters. The van der Waals surface area contributed by atoms with Crippen LogP contribution in [-0.2, 0) is 12.8 Å². The van der Waals surface area contributed by atoms with E-state index in [-0.39, 0.29) is 5.82 Å². The summed E-state index contributed by atoms with van der Waals surface area (Å²) in [5.74, 6) is 0.461. The fourth-order valence-corrected chi connectivity index (χ4v) is 2.89. The van der Waals surface area contributed by atoms with Crippen molar-refractivity contribution in [3.63, 3.8) is 0 Å². The van der Waals surface area contributed by atoms with Crippen LogP contribution >= 0.6 is 0 Å². The standard InChI is InChI=1S/C23H23FN2/c1-3-17-9-5-7-11-21(17)25-23(19-13-15-20(24)16-14-19)26-22-12-8-6-10-18(22)4-2/h5-16H,3-4H2,1-2H3,(H,25,26). The first-order chi connectivity index (χ1) is 12.7. The molecule has 3 aromatic carbocycles. The fraction of sp³-hybridized carbons (Fsp3) is 0.174. The first kappa shape index (κ1) is 17.9. The monoisotopic (exact) mass is 346 g/mol. The van der Waals surface area contributed by atoms with Crippen molar-refractivity contribution in [3.05, 3.63) is 95.3 Å². The lowest BCUT2D eigenvalue weighted by Gasteiger charge is -2.14. The summed E-state index contributed by atoms with van der Waals surface area (Å²) in [7, 11) is 0. The number of anilines is 1. The Hall–Kier alpha value is -2.94. The SMILES string of the molecule is CCc1ccccc1N=C(Nc1ccccc1CC)c1ccc(F)cc1. The summed E-state index contributed by atoms with van der Waals surface area (Å²) in [5, 5.41) is 3.46. The van der Waals surface area contributed by atoms with Crippen molar-refractivity contribution < 1.29 is 4.39 Å². The summed E-state index contributed by atoms with van der Waals surface area (Å²) in [6, 6.07) is 22.7. The summed E-state index contributed by atoms with van der Waals surface area (Å²) in [5.41, 5.74) is 5.19. The van der Waals surface area contributed by atoms with Crippen LogP contribution in [0.2, 0.25) is 0 Å². The molecule has 0 saturated heterocycles. The Morgan fingerprint density at radius 1 is 0.808 bits per heavy atom. The van der Waals surface area contributed by atoms with E-state index in [1.165, 1.54) is 23.3 Å². The van der Waals surface area contributed by atoms with E-state index < -0.39 is 0 Å². The van der Waals surface area contributed by atoms with Gasteiger partial charge in [-0.25, -0.2) is 9.38 Å². The van der Waals surface area contributed by atoms with Gasteiger partial charge in [0.15, 0.2) is 0 Å². The highest BCUT2D eigenvalue weighted by molar-refractivity contribution is 6.09. The van der Waals surface area contributed by atoms with Gasteiger partial charge >= 0.3 is 0 Å². The lowest BCUT2D eigenvalue weighted by molar-refractivity contribution is 0.628. The van der Waals surface area contributed by atoms with Crippen LogP contribution in [0.5, 0.6) is 0 Å². The minimum atomic E-state index is -0.254. The van der Waals surface area contributed by atoms with Gasteiger partial charge in [-0.2, -0.15) is 0 Å². The maximum atomic E-state index is 13.4. The summed E-state index contributed by atoms with van der Waals surface area (Å²) in [6.07, 6.45) is 1.83. The zero-order chi connectivity index (χ0) is 18.4. The zero-order valence-electron chi connectivity index (χ0n) is 15.2. The van der Waals surface area contributed by atoms with Crippen LogP contribution in [0.4, 0.5) is 15.8 Å². The minimum Gasteiger partial charge on any atom is -0.339 e. The highest BCUT2D eigenvalue weighted by Gasteiger charge is 2.09. The number of amidine groups is 1. The predicted molar refractivity (Wildman–Crippen MR) is 108 cm³/mol. The Bertz CT molecular complexity index is 898. The lowest BCUT2D eigenvalue weighted by Crippen LogP contribution is -2.15. The maximum Gasteiger partial charge on any atom is 0.138 e. The third-order valence-electron chi connectivity index (χ3n) is 4.37. The van der Waals surface area contributed by atoms with Gasteiger partial charge in [0.2, 0.25) is 0 Å². The number of aliphatic imine (C=N–C) groups is 1. The van der Waals surface area contributed by atoms with Gasteiger partial charge in [0.05, 0.1) is 5.69 Å². The van der Waals surface area contributed by atoms with Crippen LogP contribution in [-0.4, -0.2) is 5.84 Å². The minimum absolute atomic E-state index is 0.254. The number of hydrogen-bond donors (Lipinski definition) is 1. The Morgan fingerprint density at radius 3 is 2.12 bits per heavy atom. The van der Waals surface area contributed by atoms with E-state index in [4.69, 9.17) is 4.99 Å². The van der Waals surface area contributed by atoms with E-state index in [9.17, 15) is 4.39 Å². The van der Waals surface area contributed by atoms with Gasteiger partial charge in [-0.3, -0.25) is 0 Å². The number of halogens is 1. The van der Waals surface area contributed by atoms with Crippen LogP contribution in [0.1, 0.15) is 30.5 Å².